The molecule has 4 nitrogen and oxygen atoms in total. The molecule has 0 spiro atoms. The molecule has 2 aromatic heterocycles. The fourth-order valence-corrected chi connectivity index (χ4v) is 8.85. The number of rotatable bonds is 6. The average molecular weight is 755 g/mol. The quantitative estimate of drug-likeness (QED) is 0.159. The molecule has 0 aliphatic heterocycles. The van der Waals surface area contributed by atoms with Gasteiger partial charge in [-0.25, -0.2) is 4.98 Å². The van der Waals surface area contributed by atoms with E-state index in [-0.39, 0.29) is 0 Å². The van der Waals surface area contributed by atoms with Crippen LogP contribution in [0.3, 0.4) is 0 Å². The molecule has 0 bridgehead atoms. The smallest absolute Gasteiger partial charge is 0.227 e. The Kier molecular flexibility index (Phi) is 7.50. The third kappa shape index (κ3) is 5.49. The van der Waals surface area contributed by atoms with Gasteiger partial charge in [-0.15, -0.1) is 0 Å². The van der Waals surface area contributed by atoms with Gasteiger partial charge in [0.1, 0.15) is 16.7 Å². The Morgan fingerprint density at radius 3 is 1.81 bits per heavy atom. The van der Waals surface area contributed by atoms with Crippen LogP contribution in [0, 0.1) is 0 Å². The fourth-order valence-electron chi connectivity index (χ4n) is 8.85. The number of anilines is 3. The van der Waals surface area contributed by atoms with Crippen molar-refractivity contribution in [3.63, 3.8) is 0 Å². The van der Waals surface area contributed by atoms with Crippen LogP contribution in [0.5, 0.6) is 0 Å². The van der Waals surface area contributed by atoms with Crippen LogP contribution in [-0.4, -0.2) is 4.98 Å². The van der Waals surface area contributed by atoms with Gasteiger partial charge in [0.25, 0.3) is 0 Å². The summed E-state index contributed by atoms with van der Waals surface area (Å²) in [7, 11) is 0. The number of furan rings is 1. The molecule has 0 aliphatic carbocycles. The lowest BCUT2D eigenvalue weighted by Crippen LogP contribution is -2.10. The minimum Gasteiger partial charge on any atom is -0.456 e. The van der Waals surface area contributed by atoms with Crippen molar-refractivity contribution in [1.82, 2.24) is 4.98 Å². The standard InChI is InChI=1S/C55H34N2O2/c1-3-11-35(12-4-1)36-23-28-42(29-24-36)57(43-16-9-15-40(33-43)41-26-31-46-45-17-7-8-20-50(45)58-51(46)34-41)49-19-10-18-47-44(49)30-25-37-21-22-38-27-32-48-54(53(38)52(37)47)59-55(56-48)39-13-5-2-6-14-39/h1-34H. The van der Waals surface area contributed by atoms with Gasteiger partial charge < -0.3 is 13.7 Å². The van der Waals surface area contributed by atoms with Gasteiger partial charge in [-0.2, -0.15) is 0 Å². The van der Waals surface area contributed by atoms with Crippen molar-refractivity contribution in [2.24, 2.45) is 0 Å². The Labute approximate surface area is 339 Å². The number of benzene rings is 10. The molecule has 4 heteroatoms. The van der Waals surface area contributed by atoms with E-state index in [1.54, 1.807) is 0 Å². The van der Waals surface area contributed by atoms with Crippen LogP contribution in [0.15, 0.2) is 215 Å². The van der Waals surface area contributed by atoms with Crippen LogP contribution in [0.25, 0.3) is 99.1 Å². The van der Waals surface area contributed by atoms with Crippen LogP contribution < -0.4 is 4.90 Å². The molecule has 12 rings (SSSR count). The largest absolute Gasteiger partial charge is 0.456 e. The first-order valence-electron chi connectivity index (χ1n) is 19.9. The zero-order valence-electron chi connectivity index (χ0n) is 31.8. The maximum Gasteiger partial charge on any atom is 0.227 e. The molecule has 0 aliphatic rings. The van der Waals surface area contributed by atoms with Crippen LogP contribution in [0.2, 0.25) is 0 Å². The minimum atomic E-state index is 0.621. The molecule has 0 fully saturated rings. The molecule has 10 aromatic carbocycles. The van der Waals surface area contributed by atoms with E-state index < -0.39 is 0 Å². The van der Waals surface area contributed by atoms with E-state index in [1.807, 2.05) is 42.5 Å². The predicted octanol–water partition coefficient (Wildman–Crippen LogP) is 15.7. The van der Waals surface area contributed by atoms with E-state index >= 15 is 0 Å². The molecule has 0 N–H and O–H groups in total. The molecule has 0 unspecified atom stereocenters. The number of hydrogen-bond acceptors (Lipinski definition) is 4. The minimum absolute atomic E-state index is 0.621. The second kappa shape index (κ2) is 13.3. The van der Waals surface area contributed by atoms with E-state index in [0.717, 1.165) is 99.1 Å². The number of hydrogen-bond donors (Lipinski definition) is 0. The molecule has 276 valence electrons. The summed E-state index contributed by atoms with van der Waals surface area (Å²) in [4.78, 5) is 7.34. The Balaban J connectivity index is 1.07. The van der Waals surface area contributed by atoms with Crippen molar-refractivity contribution in [1.29, 1.82) is 0 Å². The second-order valence-electron chi connectivity index (χ2n) is 15.1. The van der Waals surface area contributed by atoms with Gasteiger partial charge in [-0.3, -0.25) is 0 Å². The molecule has 12 aromatic rings. The Morgan fingerprint density at radius 1 is 0.356 bits per heavy atom. The highest BCUT2D eigenvalue weighted by atomic mass is 16.3. The number of para-hydroxylation sites is 1. The molecule has 0 amide bonds. The van der Waals surface area contributed by atoms with E-state index in [4.69, 9.17) is 13.8 Å². The summed E-state index contributed by atoms with van der Waals surface area (Å²) in [5.74, 6) is 0.621. The van der Waals surface area contributed by atoms with Crippen molar-refractivity contribution in [3.05, 3.63) is 206 Å². The SMILES string of the molecule is c1ccc(-c2ccc(N(c3cccc(-c4ccc5c(c4)oc4ccccc45)c3)c3cccc4c3ccc3ccc5ccc6nc(-c7ccccc7)oc6c5c34)cc2)cc1. The lowest BCUT2D eigenvalue weighted by molar-refractivity contribution is 0.623. The van der Waals surface area contributed by atoms with Gasteiger partial charge >= 0.3 is 0 Å². The first kappa shape index (κ1) is 33.2. The van der Waals surface area contributed by atoms with Crippen LogP contribution in [0.4, 0.5) is 17.1 Å². The highest BCUT2D eigenvalue weighted by Crippen LogP contribution is 2.45. The third-order valence-corrected chi connectivity index (χ3v) is 11.7. The van der Waals surface area contributed by atoms with Crippen LogP contribution >= 0.6 is 0 Å². The first-order valence-corrected chi connectivity index (χ1v) is 19.9. The van der Waals surface area contributed by atoms with Crippen molar-refractivity contribution >= 4 is 82.4 Å². The summed E-state index contributed by atoms with van der Waals surface area (Å²) < 4.78 is 13.0. The summed E-state index contributed by atoms with van der Waals surface area (Å²) in [5.41, 5.74) is 12.1. The van der Waals surface area contributed by atoms with Gasteiger partial charge in [0.15, 0.2) is 5.58 Å². The van der Waals surface area contributed by atoms with Crippen LogP contribution in [-0.2, 0) is 0 Å². The maximum absolute atomic E-state index is 6.66. The maximum atomic E-state index is 6.66. The Hall–Kier alpha value is -7.95. The number of oxazole rings is 1. The average Bonchev–Trinajstić information content (AvgIpc) is 3.92. The van der Waals surface area contributed by atoms with Gasteiger partial charge in [0.2, 0.25) is 5.89 Å². The van der Waals surface area contributed by atoms with E-state index in [0.29, 0.717) is 5.89 Å². The predicted molar refractivity (Wildman–Crippen MR) is 245 cm³/mol. The van der Waals surface area contributed by atoms with Crippen molar-refractivity contribution in [2.45, 2.75) is 0 Å². The molecular weight excluding hydrogens is 721 g/mol. The normalized spacial score (nSPS) is 11.7. The van der Waals surface area contributed by atoms with E-state index in [9.17, 15) is 0 Å². The summed E-state index contributed by atoms with van der Waals surface area (Å²) in [5, 5.41) is 9.01. The molecular formula is C55H34N2O2. The summed E-state index contributed by atoms with van der Waals surface area (Å²) in [6.07, 6.45) is 0. The van der Waals surface area contributed by atoms with Crippen molar-refractivity contribution in [3.8, 4) is 33.7 Å². The van der Waals surface area contributed by atoms with Crippen molar-refractivity contribution in [2.75, 3.05) is 4.90 Å². The zero-order chi connectivity index (χ0) is 38.9. The molecule has 0 radical (unpaired) electrons. The highest BCUT2D eigenvalue weighted by molar-refractivity contribution is 6.27. The topological polar surface area (TPSA) is 42.4 Å². The summed E-state index contributed by atoms with van der Waals surface area (Å²) in [6, 6.07) is 72.9. The Morgan fingerprint density at radius 2 is 0.966 bits per heavy atom. The number of fused-ring (bicyclic) bond motifs is 10. The second-order valence-corrected chi connectivity index (χ2v) is 15.1. The fraction of sp³-hybridized carbons (Fsp3) is 0. The van der Waals surface area contributed by atoms with Gasteiger partial charge in [-0.1, -0.05) is 140 Å². The molecule has 0 saturated heterocycles. The lowest BCUT2D eigenvalue weighted by atomic mass is 9.94. The van der Waals surface area contributed by atoms with Crippen molar-refractivity contribution < 1.29 is 8.83 Å². The zero-order valence-corrected chi connectivity index (χ0v) is 31.8. The van der Waals surface area contributed by atoms with E-state index in [1.165, 1.54) is 11.1 Å². The van der Waals surface area contributed by atoms with E-state index in [2.05, 4.69) is 169 Å². The van der Waals surface area contributed by atoms with Gasteiger partial charge in [0.05, 0.1) is 5.69 Å². The molecule has 0 saturated carbocycles. The number of nitrogens with zero attached hydrogens (tertiary/aromatic N) is 2. The number of aromatic nitrogens is 1. The summed E-state index contributed by atoms with van der Waals surface area (Å²) >= 11 is 0. The summed E-state index contributed by atoms with van der Waals surface area (Å²) in [6.45, 7) is 0. The highest BCUT2D eigenvalue weighted by Gasteiger charge is 2.20. The molecule has 59 heavy (non-hydrogen) atoms. The lowest BCUT2D eigenvalue weighted by Gasteiger charge is -2.28. The first-order chi connectivity index (χ1) is 29.2. The van der Waals surface area contributed by atoms with Gasteiger partial charge in [-0.05, 0) is 105 Å². The molecule has 0 atom stereocenters. The Bertz CT molecular complexity index is 3550. The van der Waals surface area contributed by atoms with Gasteiger partial charge in [0, 0.05) is 43.9 Å². The monoisotopic (exact) mass is 754 g/mol. The molecule has 2 heterocycles. The third-order valence-electron chi connectivity index (χ3n) is 11.7. The van der Waals surface area contributed by atoms with Crippen LogP contribution in [0.1, 0.15) is 0 Å².